The maximum atomic E-state index is 12.9. The highest BCUT2D eigenvalue weighted by molar-refractivity contribution is 8.26. The molecule has 1 saturated heterocycles. The zero-order valence-electron chi connectivity index (χ0n) is 19.4. The summed E-state index contributed by atoms with van der Waals surface area (Å²) in [4.78, 5) is 29.4. The fourth-order valence-electron chi connectivity index (χ4n) is 3.94. The third-order valence-electron chi connectivity index (χ3n) is 5.78. The number of hydrogen-bond donors (Lipinski definition) is 1. The molecule has 1 N–H and O–H groups in total. The fourth-order valence-corrected chi connectivity index (χ4v) is 5.25. The summed E-state index contributed by atoms with van der Waals surface area (Å²) in [5.74, 6) is 1.31. The van der Waals surface area contributed by atoms with Crippen LogP contribution in [0.25, 0.3) is 6.08 Å². The molecule has 2 amide bonds. The van der Waals surface area contributed by atoms with E-state index >= 15 is 0 Å². The van der Waals surface area contributed by atoms with Crippen molar-refractivity contribution >= 4 is 46.2 Å². The molecule has 4 rings (SSSR count). The zero-order valence-corrected chi connectivity index (χ0v) is 21.0. The van der Waals surface area contributed by atoms with Crippen LogP contribution in [0.15, 0.2) is 53.4 Å². The molecule has 0 atom stereocenters. The molecular formula is C26H28N2O5S2. The number of amides is 2. The molecule has 0 spiro atoms. The first-order valence-corrected chi connectivity index (χ1v) is 12.8. The number of nitrogens with zero attached hydrogens (tertiary/aromatic N) is 2. The minimum Gasteiger partial charge on any atom is -0.454 e. The number of benzene rings is 2. The number of fused-ring (bicyclic) bond motifs is 1. The predicted octanol–water partition coefficient (Wildman–Crippen LogP) is 4.20. The largest absolute Gasteiger partial charge is 0.454 e. The van der Waals surface area contributed by atoms with Crippen LogP contribution in [0.2, 0.25) is 0 Å². The number of unbranched alkanes of at least 4 members (excludes halogenated alkanes) is 2. The molecule has 2 aliphatic heterocycles. The highest BCUT2D eigenvalue weighted by atomic mass is 32.2. The average Bonchev–Trinajstić information content (AvgIpc) is 3.43. The van der Waals surface area contributed by atoms with Gasteiger partial charge in [-0.25, -0.2) is 0 Å². The first-order valence-electron chi connectivity index (χ1n) is 11.6. The molecule has 0 saturated carbocycles. The molecule has 2 aromatic carbocycles. The molecule has 0 aliphatic carbocycles. The first-order chi connectivity index (χ1) is 17.0. The standard InChI is InChI=1S/C26H28N2O5S2/c29-14-13-27(17-19-7-3-1-4-8-19)24(30)9-5-2-6-12-28-25(31)23(35-26(28)34)16-20-10-11-21-22(15-20)33-18-32-21/h1,3-4,7-8,10-11,15-16,29H,2,5-6,9,12-14,17-18H2. The number of carbonyl (C=O) groups is 2. The van der Waals surface area contributed by atoms with Gasteiger partial charge in [0.25, 0.3) is 5.91 Å². The van der Waals surface area contributed by atoms with Crippen LogP contribution in [0.1, 0.15) is 36.8 Å². The molecule has 7 nitrogen and oxygen atoms in total. The Labute approximate surface area is 214 Å². The number of aliphatic hydroxyl groups is 1. The van der Waals surface area contributed by atoms with Crippen LogP contribution in [0.3, 0.4) is 0 Å². The summed E-state index contributed by atoms with van der Waals surface area (Å²) in [7, 11) is 0. The normalized spacial score (nSPS) is 15.8. The third kappa shape index (κ3) is 6.62. The van der Waals surface area contributed by atoms with E-state index in [9.17, 15) is 14.7 Å². The second-order valence-corrected chi connectivity index (χ2v) is 9.96. The van der Waals surface area contributed by atoms with Crippen molar-refractivity contribution in [1.82, 2.24) is 9.80 Å². The lowest BCUT2D eigenvalue weighted by Gasteiger charge is -2.22. The highest BCUT2D eigenvalue weighted by Crippen LogP contribution is 2.36. The average molecular weight is 513 g/mol. The molecule has 2 aromatic rings. The van der Waals surface area contributed by atoms with E-state index in [2.05, 4.69) is 0 Å². The van der Waals surface area contributed by atoms with Gasteiger partial charge in [0.05, 0.1) is 11.5 Å². The Morgan fingerprint density at radius 2 is 1.91 bits per heavy atom. The third-order valence-corrected chi connectivity index (χ3v) is 7.16. The monoisotopic (exact) mass is 512 g/mol. The van der Waals surface area contributed by atoms with E-state index in [1.54, 1.807) is 9.80 Å². The molecule has 0 aromatic heterocycles. The summed E-state index contributed by atoms with van der Waals surface area (Å²) in [5.41, 5.74) is 1.90. The van der Waals surface area contributed by atoms with E-state index in [0.29, 0.717) is 46.8 Å². The number of ether oxygens (including phenoxy) is 2. The second kappa shape index (κ2) is 12.2. The lowest BCUT2D eigenvalue weighted by atomic mass is 10.1. The fraction of sp³-hybridized carbons (Fsp3) is 0.346. The van der Waals surface area contributed by atoms with Gasteiger partial charge in [0.15, 0.2) is 11.5 Å². The Hall–Kier alpha value is -2.88. The van der Waals surface area contributed by atoms with E-state index in [0.717, 1.165) is 30.4 Å². The van der Waals surface area contributed by atoms with Gasteiger partial charge in [-0.3, -0.25) is 14.5 Å². The minimum absolute atomic E-state index is 0.0279. The van der Waals surface area contributed by atoms with Crippen LogP contribution in [0, 0.1) is 0 Å². The summed E-state index contributed by atoms with van der Waals surface area (Å²) in [5, 5.41) is 9.34. The van der Waals surface area contributed by atoms with Gasteiger partial charge in [-0.05, 0) is 42.2 Å². The van der Waals surface area contributed by atoms with Crippen LogP contribution in [0.4, 0.5) is 0 Å². The van der Waals surface area contributed by atoms with Crippen molar-refractivity contribution < 1.29 is 24.2 Å². The van der Waals surface area contributed by atoms with E-state index in [1.165, 1.54) is 11.8 Å². The summed E-state index contributed by atoms with van der Waals surface area (Å²) < 4.78 is 11.3. The molecule has 1 fully saturated rings. The van der Waals surface area contributed by atoms with Crippen LogP contribution >= 0.6 is 24.0 Å². The van der Waals surface area contributed by atoms with Crippen molar-refractivity contribution in [3.05, 3.63) is 64.6 Å². The number of hydrogen-bond acceptors (Lipinski definition) is 7. The van der Waals surface area contributed by atoms with E-state index in [-0.39, 0.29) is 25.2 Å². The Balaban J connectivity index is 1.22. The van der Waals surface area contributed by atoms with Gasteiger partial charge < -0.3 is 19.5 Å². The minimum atomic E-state index is -0.0919. The zero-order chi connectivity index (χ0) is 24.6. The number of thioether (sulfide) groups is 1. The van der Waals surface area contributed by atoms with E-state index in [1.807, 2.05) is 54.6 Å². The summed E-state index contributed by atoms with van der Waals surface area (Å²) >= 11 is 6.73. The number of carbonyl (C=O) groups excluding carboxylic acids is 2. The van der Waals surface area contributed by atoms with Crippen LogP contribution in [-0.4, -0.2) is 57.5 Å². The molecule has 0 unspecified atom stereocenters. The molecular weight excluding hydrogens is 484 g/mol. The summed E-state index contributed by atoms with van der Waals surface area (Å²) in [6, 6.07) is 15.3. The SMILES string of the molecule is O=C(CCCCCN1C(=O)C(=Cc2ccc3c(c2)OCO3)SC1=S)N(CCO)Cc1ccccc1. The van der Waals surface area contributed by atoms with Crippen LogP contribution in [0.5, 0.6) is 11.5 Å². The van der Waals surface area contributed by atoms with Crippen molar-refractivity contribution in [2.75, 3.05) is 26.5 Å². The van der Waals surface area contributed by atoms with Crippen molar-refractivity contribution in [3.8, 4) is 11.5 Å². The number of thiocarbonyl (C=S) groups is 1. The summed E-state index contributed by atoms with van der Waals surface area (Å²) in [6.45, 7) is 1.49. The van der Waals surface area contributed by atoms with Gasteiger partial charge in [0.1, 0.15) is 4.32 Å². The molecule has 9 heteroatoms. The van der Waals surface area contributed by atoms with Crippen LogP contribution < -0.4 is 9.47 Å². The maximum absolute atomic E-state index is 12.9. The Kier molecular flexibility index (Phi) is 8.79. The van der Waals surface area contributed by atoms with Crippen LogP contribution in [-0.2, 0) is 16.1 Å². The molecule has 2 heterocycles. The Morgan fingerprint density at radius 3 is 2.71 bits per heavy atom. The molecule has 0 radical (unpaired) electrons. The van der Waals surface area contributed by atoms with Gasteiger partial charge >= 0.3 is 0 Å². The lowest BCUT2D eigenvalue weighted by molar-refractivity contribution is -0.132. The van der Waals surface area contributed by atoms with Gasteiger partial charge in [-0.1, -0.05) is 66.8 Å². The quantitative estimate of drug-likeness (QED) is 0.275. The van der Waals surface area contributed by atoms with Crippen molar-refractivity contribution in [2.45, 2.75) is 32.2 Å². The van der Waals surface area contributed by atoms with Crippen molar-refractivity contribution in [3.63, 3.8) is 0 Å². The second-order valence-electron chi connectivity index (χ2n) is 8.28. The van der Waals surface area contributed by atoms with Crippen molar-refractivity contribution in [1.29, 1.82) is 0 Å². The van der Waals surface area contributed by atoms with E-state index < -0.39 is 0 Å². The van der Waals surface area contributed by atoms with E-state index in [4.69, 9.17) is 21.7 Å². The highest BCUT2D eigenvalue weighted by Gasteiger charge is 2.31. The number of aliphatic hydroxyl groups excluding tert-OH is 1. The lowest BCUT2D eigenvalue weighted by Crippen LogP contribution is -2.33. The predicted molar refractivity (Wildman–Crippen MR) is 140 cm³/mol. The first kappa shape index (κ1) is 25.2. The van der Waals surface area contributed by atoms with Crippen molar-refractivity contribution in [2.24, 2.45) is 0 Å². The Morgan fingerprint density at radius 1 is 1.11 bits per heavy atom. The van der Waals surface area contributed by atoms with Gasteiger partial charge in [-0.15, -0.1) is 0 Å². The van der Waals surface area contributed by atoms with Gasteiger partial charge in [-0.2, -0.15) is 0 Å². The molecule has 184 valence electrons. The molecule has 35 heavy (non-hydrogen) atoms. The Bertz CT molecular complexity index is 1110. The summed E-state index contributed by atoms with van der Waals surface area (Å²) in [6.07, 6.45) is 4.52. The maximum Gasteiger partial charge on any atom is 0.266 e. The smallest absolute Gasteiger partial charge is 0.266 e. The molecule has 0 bridgehead atoms. The topological polar surface area (TPSA) is 79.3 Å². The number of rotatable bonds is 11. The van der Waals surface area contributed by atoms with Gasteiger partial charge in [0.2, 0.25) is 12.7 Å². The van der Waals surface area contributed by atoms with Gasteiger partial charge in [0, 0.05) is 26.1 Å². The molecule has 2 aliphatic rings.